The molecule has 27 heavy (non-hydrogen) atoms. The summed E-state index contributed by atoms with van der Waals surface area (Å²) in [6.07, 6.45) is 0. The largest absolute Gasteiger partial charge is 0.468 e. The van der Waals surface area contributed by atoms with E-state index in [0.29, 0.717) is 22.3 Å². The van der Waals surface area contributed by atoms with E-state index in [1.807, 2.05) is 13.0 Å². The molecule has 2 heterocycles. The Bertz CT molecular complexity index is 937. The fraction of sp³-hybridized carbons (Fsp3) is 0.278. The molecule has 1 aliphatic rings. The molecule has 0 fully saturated rings. The standard InChI is InChI=1S/C18H16Cl2IN3O3/c1-9-12(6-22-21)16(11-4-3-10(19)5-14(11)20)13-7-24(8-15(25)27-2)18(26)17(13)23-9/h3-5,22H,6-8H2,1-2H3. The van der Waals surface area contributed by atoms with E-state index < -0.39 is 5.97 Å². The van der Waals surface area contributed by atoms with Crippen molar-refractivity contribution in [3.05, 3.63) is 50.8 Å². The molecule has 0 atom stereocenters. The summed E-state index contributed by atoms with van der Waals surface area (Å²) in [5.74, 6) is -0.771. The number of hydrogen-bond acceptors (Lipinski definition) is 5. The van der Waals surface area contributed by atoms with Crippen molar-refractivity contribution in [1.82, 2.24) is 13.4 Å². The summed E-state index contributed by atoms with van der Waals surface area (Å²) in [5.41, 5.74) is 4.39. The van der Waals surface area contributed by atoms with Crippen LogP contribution >= 0.6 is 46.1 Å². The van der Waals surface area contributed by atoms with Gasteiger partial charge in [0.05, 0.1) is 7.11 Å². The molecule has 1 N–H and O–H groups in total. The van der Waals surface area contributed by atoms with E-state index in [2.05, 4.69) is 31.4 Å². The van der Waals surface area contributed by atoms with Gasteiger partial charge in [-0.3, -0.25) is 13.1 Å². The highest BCUT2D eigenvalue weighted by Crippen LogP contribution is 2.40. The predicted molar refractivity (Wildman–Crippen MR) is 112 cm³/mol. The summed E-state index contributed by atoms with van der Waals surface area (Å²) >= 11 is 14.6. The number of aromatic nitrogens is 1. The lowest BCUT2D eigenvalue weighted by Crippen LogP contribution is -2.31. The third-order valence-electron chi connectivity index (χ3n) is 4.44. The van der Waals surface area contributed by atoms with Gasteiger partial charge < -0.3 is 9.64 Å². The number of nitrogens with zero attached hydrogens (tertiary/aromatic N) is 2. The first kappa shape index (κ1) is 20.3. The summed E-state index contributed by atoms with van der Waals surface area (Å²) in [4.78, 5) is 30.4. The monoisotopic (exact) mass is 519 g/mol. The van der Waals surface area contributed by atoms with E-state index in [4.69, 9.17) is 27.9 Å². The second-order valence-corrected chi connectivity index (χ2v) is 7.66. The first-order valence-electron chi connectivity index (χ1n) is 8.04. The maximum Gasteiger partial charge on any atom is 0.325 e. The Labute approximate surface area is 180 Å². The summed E-state index contributed by atoms with van der Waals surface area (Å²) in [5, 5.41) is 1.02. The van der Waals surface area contributed by atoms with E-state index >= 15 is 0 Å². The normalized spacial score (nSPS) is 13.1. The van der Waals surface area contributed by atoms with Crippen LogP contribution in [0.3, 0.4) is 0 Å². The highest BCUT2D eigenvalue weighted by atomic mass is 127. The highest BCUT2D eigenvalue weighted by Gasteiger charge is 2.35. The quantitative estimate of drug-likeness (QED) is 0.368. The van der Waals surface area contributed by atoms with E-state index in [0.717, 1.165) is 27.9 Å². The number of esters is 1. The molecule has 0 radical (unpaired) electrons. The van der Waals surface area contributed by atoms with Gasteiger partial charge in [0, 0.05) is 62.8 Å². The lowest BCUT2D eigenvalue weighted by Gasteiger charge is -2.17. The molecule has 0 spiro atoms. The summed E-state index contributed by atoms with van der Waals surface area (Å²) in [6, 6.07) is 5.27. The van der Waals surface area contributed by atoms with Gasteiger partial charge in [0.15, 0.2) is 0 Å². The average molecular weight is 520 g/mol. The van der Waals surface area contributed by atoms with E-state index in [1.54, 1.807) is 12.1 Å². The molecular weight excluding hydrogens is 504 g/mol. The number of amides is 1. The number of halogens is 3. The lowest BCUT2D eigenvalue weighted by molar-refractivity contribution is -0.141. The molecule has 6 nitrogen and oxygen atoms in total. The molecule has 0 saturated carbocycles. The van der Waals surface area contributed by atoms with Crippen molar-refractivity contribution in [3.8, 4) is 11.1 Å². The second-order valence-electron chi connectivity index (χ2n) is 6.05. The molecule has 0 unspecified atom stereocenters. The van der Waals surface area contributed by atoms with Crippen molar-refractivity contribution >= 4 is 57.9 Å². The molecule has 2 aromatic rings. The maximum atomic E-state index is 12.8. The zero-order valence-electron chi connectivity index (χ0n) is 14.6. The van der Waals surface area contributed by atoms with Gasteiger partial charge in [-0.25, -0.2) is 4.98 Å². The van der Waals surface area contributed by atoms with Crippen LogP contribution in [0.5, 0.6) is 0 Å². The predicted octanol–water partition coefficient (Wildman–Crippen LogP) is 3.93. The lowest BCUT2D eigenvalue weighted by atomic mass is 9.93. The Morgan fingerprint density at radius 1 is 1.41 bits per heavy atom. The number of hydrogen-bond donors (Lipinski definition) is 1. The number of carbonyl (C=O) groups excluding carboxylic acids is 2. The minimum atomic E-state index is -0.479. The molecule has 0 bridgehead atoms. The molecule has 1 amide bonds. The van der Waals surface area contributed by atoms with Crippen LogP contribution < -0.4 is 3.53 Å². The Hall–Kier alpha value is -1.42. The van der Waals surface area contributed by atoms with Crippen LogP contribution in [0.2, 0.25) is 10.0 Å². The minimum absolute atomic E-state index is 0.127. The highest BCUT2D eigenvalue weighted by molar-refractivity contribution is 14.1. The van der Waals surface area contributed by atoms with Gasteiger partial charge in [0.1, 0.15) is 12.2 Å². The third kappa shape index (κ3) is 3.91. The summed E-state index contributed by atoms with van der Waals surface area (Å²) in [6.45, 7) is 2.54. The smallest absolute Gasteiger partial charge is 0.325 e. The van der Waals surface area contributed by atoms with Gasteiger partial charge in [0.2, 0.25) is 0 Å². The van der Waals surface area contributed by atoms with E-state index in [9.17, 15) is 9.59 Å². The van der Waals surface area contributed by atoms with Crippen molar-refractivity contribution in [1.29, 1.82) is 0 Å². The fourth-order valence-electron chi connectivity index (χ4n) is 3.18. The number of nitrogens with one attached hydrogen (secondary N) is 1. The minimum Gasteiger partial charge on any atom is -0.468 e. The molecule has 3 rings (SSSR count). The molecule has 1 aromatic heterocycles. The van der Waals surface area contributed by atoms with Gasteiger partial charge in [-0.2, -0.15) is 0 Å². The van der Waals surface area contributed by atoms with Crippen molar-refractivity contribution in [2.75, 3.05) is 13.7 Å². The number of pyridine rings is 1. The summed E-state index contributed by atoms with van der Waals surface area (Å²) < 4.78 is 7.80. The molecule has 1 aliphatic heterocycles. The zero-order chi connectivity index (χ0) is 19.7. The average Bonchev–Trinajstić information content (AvgIpc) is 2.92. The number of carbonyl (C=O) groups is 2. The van der Waals surface area contributed by atoms with E-state index in [1.165, 1.54) is 12.0 Å². The third-order valence-corrected chi connectivity index (χ3v) is 5.37. The van der Waals surface area contributed by atoms with Crippen molar-refractivity contribution in [2.45, 2.75) is 20.0 Å². The Morgan fingerprint density at radius 3 is 2.78 bits per heavy atom. The number of benzene rings is 1. The maximum absolute atomic E-state index is 12.8. The van der Waals surface area contributed by atoms with Crippen molar-refractivity contribution < 1.29 is 14.3 Å². The van der Waals surface area contributed by atoms with Crippen LogP contribution in [-0.4, -0.2) is 35.4 Å². The number of fused-ring (bicyclic) bond motifs is 1. The number of aryl methyl sites for hydroxylation is 1. The molecule has 0 saturated heterocycles. The van der Waals surface area contributed by atoms with E-state index in [-0.39, 0.29) is 19.0 Å². The van der Waals surface area contributed by atoms with Crippen molar-refractivity contribution in [2.24, 2.45) is 0 Å². The van der Waals surface area contributed by atoms with Crippen LogP contribution in [0.4, 0.5) is 0 Å². The molecule has 9 heteroatoms. The SMILES string of the molecule is COC(=O)CN1Cc2c(nc(C)c(CNI)c2-c2ccc(Cl)cc2Cl)C1=O. The molecular formula is C18H16Cl2IN3O3. The van der Waals surface area contributed by atoms with Gasteiger partial charge >= 0.3 is 5.97 Å². The Morgan fingerprint density at radius 2 is 2.15 bits per heavy atom. The first-order valence-corrected chi connectivity index (χ1v) is 9.88. The van der Waals surface area contributed by atoms with Crippen LogP contribution in [0, 0.1) is 6.92 Å². The zero-order valence-corrected chi connectivity index (χ0v) is 18.3. The van der Waals surface area contributed by atoms with Crippen LogP contribution in [0.25, 0.3) is 11.1 Å². The Kier molecular flexibility index (Phi) is 6.25. The topological polar surface area (TPSA) is 71.5 Å². The van der Waals surface area contributed by atoms with Gasteiger partial charge in [-0.15, -0.1) is 0 Å². The van der Waals surface area contributed by atoms with Gasteiger partial charge in [-0.05, 0) is 30.2 Å². The number of ether oxygens (including phenoxy) is 1. The van der Waals surface area contributed by atoms with Crippen LogP contribution in [0.15, 0.2) is 18.2 Å². The van der Waals surface area contributed by atoms with Crippen LogP contribution in [-0.2, 0) is 22.6 Å². The molecule has 0 aliphatic carbocycles. The second kappa shape index (κ2) is 8.30. The number of rotatable bonds is 5. The van der Waals surface area contributed by atoms with Gasteiger partial charge in [0.25, 0.3) is 5.91 Å². The van der Waals surface area contributed by atoms with Crippen molar-refractivity contribution in [3.63, 3.8) is 0 Å². The fourth-order valence-corrected chi connectivity index (χ4v) is 4.06. The Balaban J connectivity index is 2.20. The molecule has 1 aromatic carbocycles. The summed E-state index contributed by atoms with van der Waals surface area (Å²) in [7, 11) is 1.29. The van der Waals surface area contributed by atoms with Gasteiger partial charge in [-0.1, -0.05) is 29.3 Å². The van der Waals surface area contributed by atoms with Crippen LogP contribution in [0.1, 0.15) is 27.3 Å². The number of methoxy groups -OCH3 is 1. The first-order chi connectivity index (χ1) is 12.9. The molecule has 142 valence electrons.